The molecule has 0 aliphatic heterocycles. The van der Waals surface area contributed by atoms with Crippen LogP contribution in [0, 0.1) is 6.92 Å². The van der Waals surface area contributed by atoms with Crippen molar-refractivity contribution in [1.82, 2.24) is 9.97 Å². The Morgan fingerprint density at radius 1 is 1.32 bits per heavy atom. The summed E-state index contributed by atoms with van der Waals surface area (Å²) in [6, 6.07) is 5.94. The molecule has 0 aliphatic rings. The van der Waals surface area contributed by atoms with E-state index in [9.17, 15) is 0 Å². The third-order valence-electron chi connectivity index (χ3n) is 2.83. The molecule has 19 heavy (non-hydrogen) atoms. The van der Waals surface area contributed by atoms with Crippen molar-refractivity contribution in [1.29, 1.82) is 0 Å². The van der Waals surface area contributed by atoms with Crippen LogP contribution in [-0.4, -0.2) is 17.0 Å². The maximum absolute atomic E-state index is 5.97. The van der Waals surface area contributed by atoms with Crippen LogP contribution < -0.4 is 4.90 Å². The smallest absolute Gasteiger partial charge is 0.225 e. The number of rotatable bonds is 3. The van der Waals surface area contributed by atoms with Crippen molar-refractivity contribution in [2.75, 3.05) is 11.9 Å². The van der Waals surface area contributed by atoms with Crippen molar-refractivity contribution in [3.05, 3.63) is 40.4 Å². The summed E-state index contributed by atoms with van der Waals surface area (Å²) in [5.41, 5.74) is 0. The monoisotopic (exact) mass is 293 g/mol. The number of halogens is 1. The Kier molecular flexibility index (Phi) is 3.16. The number of hydrogen-bond acceptors (Lipinski definition) is 5. The Hall–Kier alpha value is -1.59. The van der Waals surface area contributed by atoms with E-state index in [1.54, 1.807) is 11.3 Å². The number of anilines is 1. The lowest BCUT2D eigenvalue weighted by molar-refractivity contribution is 0.481. The van der Waals surface area contributed by atoms with Crippen LogP contribution in [0.15, 0.2) is 28.0 Å². The topological polar surface area (TPSA) is 42.2 Å². The first-order valence-electron chi connectivity index (χ1n) is 5.80. The van der Waals surface area contributed by atoms with Gasteiger partial charge in [0.2, 0.25) is 5.28 Å². The molecule has 98 valence electrons. The first-order chi connectivity index (χ1) is 9.13. The Morgan fingerprint density at radius 2 is 2.16 bits per heavy atom. The molecule has 0 aliphatic carbocycles. The number of furan rings is 1. The van der Waals surface area contributed by atoms with Gasteiger partial charge in [-0.25, -0.2) is 4.98 Å². The zero-order valence-corrected chi connectivity index (χ0v) is 12.1. The number of aromatic nitrogens is 2. The van der Waals surface area contributed by atoms with E-state index in [1.807, 2.05) is 42.5 Å². The quantitative estimate of drug-likeness (QED) is 0.687. The highest BCUT2D eigenvalue weighted by atomic mass is 35.5. The van der Waals surface area contributed by atoms with Gasteiger partial charge in [0.05, 0.1) is 11.9 Å². The van der Waals surface area contributed by atoms with Crippen molar-refractivity contribution < 1.29 is 4.42 Å². The molecule has 0 saturated carbocycles. The van der Waals surface area contributed by atoms with E-state index < -0.39 is 0 Å². The molecule has 0 unspecified atom stereocenters. The van der Waals surface area contributed by atoms with E-state index in [0.717, 1.165) is 27.6 Å². The highest BCUT2D eigenvalue weighted by Gasteiger charge is 2.13. The van der Waals surface area contributed by atoms with Gasteiger partial charge in [-0.05, 0) is 42.1 Å². The van der Waals surface area contributed by atoms with Gasteiger partial charge in [-0.15, -0.1) is 11.3 Å². The standard InChI is InChI=1S/C13H12ClN3OS/c1-8-3-4-9(18-8)7-17(2)11-10-5-6-19-12(10)16-13(14)15-11/h3-6H,7H2,1-2H3. The Bertz CT molecular complexity index is 722. The van der Waals surface area contributed by atoms with Gasteiger partial charge in [0, 0.05) is 7.05 Å². The highest BCUT2D eigenvalue weighted by Crippen LogP contribution is 2.29. The van der Waals surface area contributed by atoms with E-state index in [4.69, 9.17) is 16.0 Å². The minimum absolute atomic E-state index is 0.271. The SMILES string of the molecule is Cc1ccc(CN(C)c2nc(Cl)nc3sccc23)o1. The minimum atomic E-state index is 0.271. The molecule has 0 atom stereocenters. The number of fused-ring (bicyclic) bond motifs is 1. The second kappa shape index (κ2) is 4.83. The summed E-state index contributed by atoms with van der Waals surface area (Å²) >= 11 is 7.52. The van der Waals surface area contributed by atoms with Crippen LogP contribution in [0.3, 0.4) is 0 Å². The predicted molar refractivity (Wildman–Crippen MR) is 78.0 cm³/mol. The highest BCUT2D eigenvalue weighted by molar-refractivity contribution is 7.16. The number of nitrogens with zero attached hydrogens (tertiary/aromatic N) is 3. The number of hydrogen-bond donors (Lipinski definition) is 0. The average molecular weight is 294 g/mol. The molecule has 0 bridgehead atoms. The van der Waals surface area contributed by atoms with Crippen LogP contribution in [0.5, 0.6) is 0 Å². The van der Waals surface area contributed by atoms with Gasteiger partial charge in [0.15, 0.2) is 0 Å². The molecule has 0 aromatic carbocycles. The zero-order chi connectivity index (χ0) is 13.4. The number of thiophene rings is 1. The van der Waals surface area contributed by atoms with Crippen LogP contribution in [0.2, 0.25) is 5.28 Å². The minimum Gasteiger partial charge on any atom is -0.464 e. The summed E-state index contributed by atoms with van der Waals surface area (Å²) in [6.45, 7) is 2.58. The fourth-order valence-electron chi connectivity index (χ4n) is 1.98. The molecule has 4 nitrogen and oxygen atoms in total. The molecule has 0 saturated heterocycles. The fraction of sp³-hybridized carbons (Fsp3) is 0.231. The van der Waals surface area contributed by atoms with Gasteiger partial charge >= 0.3 is 0 Å². The van der Waals surface area contributed by atoms with E-state index in [-0.39, 0.29) is 5.28 Å². The molecule has 3 heterocycles. The van der Waals surface area contributed by atoms with Gasteiger partial charge in [0.1, 0.15) is 22.2 Å². The summed E-state index contributed by atoms with van der Waals surface area (Å²) in [5.74, 6) is 2.63. The molecule has 3 aromatic rings. The second-order valence-electron chi connectivity index (χ2n) is 4.32. The molecule has 0 radical (unpaired) electrons. The Labute approximate surface area is 119 Å². The molecule has 6 heteroatoms. The zero-order valence-electron chi connectivity index (χ0n) is 10.6. The summed E-state index contributed by atoms with van der Waals surface area (Å²) < 4.78 is 5.58. The molecule has 0 N–H and O–H groups in total. The summed E-state index contributed by atoms with van der Waals surface area (Å²) in [7, 11) is 1.97. The lowest BCUT2D eigenvalue weighted by Crippen LogP contribution is -2.17. The van der Waals surface area contributed by atoms with Crippen molar-refractivity contribution in [3.8, 4) is 0 Å². The maximum atomic E-state index is 5.97. The van der Waals surface area contributed by atoms with Gasteiger partial charge in [0.25, 0.3) is 0 Å². The molecule has 3 aromatic heterocycles. The molecular weight excluding hydrogens is 282 g/mol. The van der Waals surface area contributed by atoms with Crippen LogP contribution in [0.1, 0.15) is 11.5 Å². The molecule has 3 rings (SSSR count). The third-order valence-corrected chi connectivity index (χ3v) is 3.80. The van der Waals surface area contributed by atoms with Gasteiger partial charge < -0.3 is 9.32 Å². The van der Waals surface area contributed by atoms with Crippen LogP contribution >= 0.6 is 22.9 Å². The lowest BCUT2D eigenvalue weighted by atomic mass is 10.3. The molecule has 0 amide bonds. The van der Waals surface area contributed by atoms with Gasteiger partial charge in [-0.2, -0.15) is 4.98 Å². The van der Waals surface area contributed by atoms with E-state index in [0.29, 0.717) is 6.54 Å². The van der Waals surface area contributed by atoms with Crippen LogP contribution in [0.4, 0.5) is 5.82 Å². The van der Waals surface area contributed by atoms with Crippen molar-refractivity contribution >= 4 is 39.0 Å². The summed E-state index contributed by atoms with van der Waals surface area (Å²) in [6.07, 6.45) is 0. The normalized spacial score (nSPS) is 11.1. The summed E-state index contributed by atoms with van der Waals surface area (Å²) in [5, 5.41) is 3.27. The van der Waals surface area contributed by atoms with Gasteiger partial charge in [-0.1, -0.05) is 0 Å². The van der Waals surface area contributed by atoms with E-state index >= 15 is 0 Å². The maximum Gasteiger partial charge on any atom is 0.225 e. The second-order valence-corrected chi connectivity index (χ2v) is 5.56. The predicted octanol–water partition coefficient (Wildman–Crippen LogP) is 3.88. The van der Waals surface area contributed by atoms with E-state index in [1.165, 1.54) is 0 Å². The third kappa shape index (κ3) is 2.43. The molecular formula is C13H12ClN3OS. The molecule has 0 fully saturated rings. The van der Waals surface area contributed by atoms with Crippen molar-refractivity contribution in [2.24, 2.45) is 0 Å². The van der Waals surface area contributed by atoms with Crippen molar-refractivity contribution in [2.45, 2.75) is 13.5 Å². The van der Waals surface area contributed by atoms with Crippen molar-refractivity contribution in [3.63, 3.8) is 0 Å². The first-order valence-corrected chi connectivity index (χ1v) is 7.06. The van der Waals surface area contributed by atoms with Gasteiger partial charge in [-0.3, -0.25) is 0 Å². The van der Waals surface area contributed by atoms with E-state index in [2.05, 4.69) is 9.97 Å². The Balaban J connectivity index is 1.96. The largest absolute Gasteiger partial charge is 0.464 e. The Morgan fingerprint density at radius 3 is 2.89 bits per heavy atom. The van der Waals surface area contributed by atoms with Crippen LogP contribution in [0.25, 0.3) is 10.2 Å². The summed E-state index contributed by atoms with van der Waals surface area (Å²) in [4.78, 5) is 11.4. The lowest BCUT2D eigenvalue weighted by Gasteiger charge is -2.17. The first kappa shape index (κ1) is 12.4. The fourth-order valence-corrected chi connectivity index (χ4v) is 2.96. The van der Waals surface area contributed by atoms with Crippen LogP contribution in [-0.2, 0) is 6.54 Å². The average Bonchev–Trinajstić information content (AvgIpc) is 2.96. The molecule has 0 spiro atoms. The number of aryl methyl sites for hydroxylation is 1.